The molecule has 1 aliphatic rings. The molecule has 1 aliphatic carbocycles. The molecule has 0 radical (unpaired) electrons. The van der Waals surface area contributed by atoms with Crippen LogP contribution in [0.3, 0.4) is 0 Å². The fourth-order valence-corrected chi connectivity index (χ4v) is 2.91. The summed E-state index contributed by atoms with van der Waals surface area (Å²) in [6, 6.07) is 0. The molecule has 2 unspecified atom stereocenters. The van der Waals surface area contributed by atoms with Crippen LogP contribution in [-0.4, -0.2) is 20.9 Å². The van der Waals surface area contributed by atoms with E-state index in [1.165, 1.54) is 0 Å². The van der Waals surface area contributed by atoms with Gasteiger partial charge in [-0.3, -0.25) is 9.48 Å². The quantitative estimate of drug-likeness (QED) is 0.872. The lowest BCUT2D eigenvalue weighted by Crippen LogP contribution is -2.28. The van der Waals surface area contributed by atoms with Crippen molar-refractivity contribution in [3.05, 3.63) is 18.0 Å². The average molecular weight is 236 g/mol. The lowest BCUT2D eigenvalue weighted by Gasteiger charge is -2.23. The van der Waals surface area contributed by atoms with Crippen LogP contribution in [0.1, 0.15) is 38.2 Å². The summed E-state index contributed by atoms with van der Waals surface area (Å²) in [6.07, 6.45) is 8.03. The summed E-state index contributed by atoms with van der Waals surface area (Å²) < 4.78 is 1.76. The first-order valence-electron chi connectivity index (χ1n) is 6.23. The van der Waals surface area contributed by atoms with Gasteiger partial charge in [-0.2, -0.15) is 5.10 Å². The van der Waals surface area contributed by atoms with Gasteiger partial charge in [-0.1, -0.05) is 6.92 Å². The molecule has 1 aromatic heterocycles. The van der Waals surface area contributed by atoms with Crippen molar-refractivity contribution in [2.24, 2.45) is 18.4 Å². The molecule has 0 amide bonds. The van der Waals surface area contributed by atoms with Crippen molar-refractivity contribution >= 4 is 5.97 Å². The standard InChI is InChI=1S/C13H20N2O2/c1-10-3-5-13(7-10,12(16)17)6-4-11-8-14-15(2)9-11/h8-10H,3-7H2,1-2H3,(H,16,17). The molecule has 1 saturated carbocycles. The summed E-state index contributed by atoms with van der Waals surface area (Å²) >= 11 is 0. The Hall–Kier alpha value is -1.32. The lowest BCUT2D eigenvalue weighted by molar-refractivity contribution is -0.149. The zero-order valence-corrected chi connectivity index (χ0v) is 10.5. The van der Waals surface area contributed by atoms with Crippen molar-refractivity contribution in [3.8, 4) is 0 Å². The van der Waals surface area contributed by atoms with Crippen molar-refractivity contribution < 1.29 is 9.90 Å². The number of rotatable bonds is 4. The zero-order chi connectivity index (χ0) is 12.5. The molecule has 1 aromatic rings. The van der Waals surface area contributed by atoms with Crippen molar-refractivity contribution in [2.45, 2.75) is 39.0 Å². The molecule has 94 valence electrons. The highest BCUT2D eigenvalue weighted by Gasteiger charge is 2.43. The van der Waals surface area contributed by atoms with Gasteiger partial charge in [0, 0.05) is 13.2 Å². The first kappa shape index (κ1) is 12.1. The van der Waals surface area contributed by atoms with Crippen LogP contribution in [0.5, 0.6) is 0 Å². The summed E-state index contributed by atoms with van der Waals surface area (Å²) in [6.45, 7) is 2.15. The Labute approximate surface area is 102 Å². The zero-order valence-electron chi connectivity index (χ0n) is 10.5. The number of hydrogen-bond acceptors (Lipinski definition) is 2. The van der Waals surface area contributed by atoms with Crippen molar-refractivity contribution in [2.75, 3.05) is 0 Å². The number of aromatic nitrogens is 2. The fraction of sp³-hybridized carbons (Fsp3) is 0.692. The summed E-state index contributed by atoms with van der Waals surface area (Å²) in [4.78, 5) is 11.5. The van der Waals surface area contributed by atoms with Crippen LogP contribution in [0.2, 0.25) is 0 Å². The second-order valence-electron chi connectivity index (χ2n) is 5.46. The second-order valence-corrected chi connectivity index (χ2v) is 5.46. The molecule has 0 spiro atoms. The van der Waals surface area contributed by atoms with Gasteiger partial charge >= 0.3 is 5.97 Å². The lowest BCUT2D eigenvalue weighted by atomic mass is 9.80. The molecule has 1 N–H and O–H groups in total. The van der Waals surface area contributed by atoms with Gasteiger partial charge in [-0.25, -0.2) is 0 Å². The number of aryl methyl sites for hydroxylation is 2. The van der Waals surface area contributed by atoms with E-state index in [0.717, 1.165) is 37.7 Å². The first-order valence-corrected chi connectivity index (χ1v) is 6.23. The minimum absolute atomic E-state index is 0.491. The van der Waals surface area contributed by atoms with Crippen LogP contribution < -0.4 is 0 Å². The molecule has 0 aliphatic heterocycles. The number of aliphatic carboxylic acids is 1. The van der Waals surface area contributed by atoms with Crippen LogP contribution in [0, 0.1) is 11.3 Å². The van der Waals surface area contributed by atoms with Gasteiger partial charge in [0.15, 0.2) is 0 Å². The Balaban J connectivity index is 2.02. The summed E-state index contributed by atoms with van der Waals surface area (Å²) in [5.41, 5.74) is 0.641. The molecule has 2 atom stereocenters. The van der Waals surface area contributed by atoms with E-state index < -0.39 is 11.4 Å². The molecule has 4 nitrogen and oxygen atoms in total. The van der Waals surface area contributed by atoms with Crippen LogP contribution in [-0.2, 0) is 18.3 Å². The summed E-state index contributed by atoms with van der Waals surface area (Å²) in [5, 5.41) is 13.6. The molecular weight excluding hydrogens is 216 g/mol. The third-order valence-electron chi connectivity index (χ3n) is 3.96. The number of nitrogens with zero attached hydrogens (tertiary/aromatic N) is 2. The fourth-order valence-electron chi connectivity index (χ4n) is 2.91. The Morgan fingerprint density at radius 2 is 2.47 bits per heavy atom. The summed E-state index contributed by atoms with van der Waals surface area (Å²) in [7, 11) is 1.88. The molecule has 0 saturated heterocycles. The Morgan fingerprint density at radius 3 is 2.94 bits per heavy atom. The van der Waals surface area contributed by atoms with Crippen LogP contribution in [0.25, 0.3) is 0 Å². The SMILES string of the molecule is CC1CCC(CCc2cnn(C)c2)(C(=O)O)C1. The summed E-state index contributed by atoms with van der Waals surface area (Å²) in [5.74, 6) is -0.0780. The van der Waals surface area contributed by atoms with Gasteiger partial charge < -0.3 is 5.11 Å². The van der Waals surface area contributed by atoms with Crippen LogP contribution in [0.4, 0.5) is 0 Å². The highest BCUT2D eigenvalue weighted by Crippen LogP contribution is 2.45. The molecule has 2 rings (SSSR count). The molecule has 0 aromatic carbocycles. The molecule has 17 heavy (non-hydrogen) atoms. The van der Waals surface area contributed by atoms with Gasteiger partial charge in [0.2, 0.25) is 0 Å². The van der Waals surface area contributed by atoms with Crippen molar-refractivity contribution in [1.29, 1.82) is 0 Å². The Morgan fingerprint density at radius 1 is 1.71 bits per heavy atom. The number of carboxylic acids is 1. The molecule has 4 heteroatoms. The van der Waals surface area contributed by atoms with E-state index in [2.05, 4.69) is 12.0 Å². The Kier molecular flexibility index (Phi) is 3.22. The van der Waals surface area contributed by atoms with Crippen molar-refractivity contribution in [3.63, 3.8) is 0 Å². The second kappa shape index (κ2) is 4.51. The predicted molar refractivity (Wildman–Crippen MR) is 64.6 cm³/mol. The first-order chi connectivity index (χ1) is 8.02. The predicted octanol–water partition coefficient (Wildman–Crippen LogP) is 2.24. The maximum absolute atomic E-state index is 11.5. The highest BCUT2D eigenvalue weighted by atomic mass is 16.4. The van der Waals surface area contributed by atoms with E-state index >= 15 is 0 Å². The number of hydrogen-bond donors (Lipinski definition) is 1. The van der Waals surface area contributed by atoms with Crippen LogP contribution in [0.15, 0.2) is 12.4 Å². The minimum Gasteiger partial charge on any atom is -0.481 e. The van der Waals surface area contributed by atoms with Crippen LogP contribution >= 0.6 is 0 Å². The third kappa shape index (κ3) is 2.51. The van der Waals surface area contributed by atoms with E-state index in [-0.39, 0.29) is 0 Å². The van der Waals surface area contributed by atoms with Gasteiger partial charge in [0.1, 0.15) is 0 Å². The van der Waals surface area contributed by atoms with E-state index in [9.17, 15) is 9.90 Å². The smallest absolute Gasteiger partial charge is 0.309 e. The highest BCUT2D eigenvalue weighted by molar-refractivity contribution is 5.75. The van der Waals surface area contributed by atoms with E-state index in [1.807, 2.05) is 19.4 Å². The normalized spacial score (nSPS) is 28.5. The van der Waals surface area contributed by atoms with E-state index in [0.29, 0.717) is 5.92 Å². The van der Waals surface area contributed by atoms with E-state index in [4.69, 9.17) is 0 Å². The maximum Gasteiger partial charge on any atom is 0.309 e. The van der Waals surface area contributed by atoms with Gasteiger partial charge in [-0.15, -0.1) is 0 Å². The van der Waals surface area contributed by atoms with Gasteiger partial charge in [0.25, 0.3) is 0 Å². The number of carbonyl (C=O) groups is 1. The molecule has 1 heterocycles. The molecule has 1 fully saturated rings. The molecule has 0 bridgehead atoms. The average Bonchev–Trinajstić information content (AvgIpc) is 2.83. The minimum atomic E-state index is -0.620. The number of carboxylic acid groups (broad SMARTS) is 1. The van der Waals surface area contributed by atoms with Gasteiger partial charge in [0.05, 0.1) is 11.6 Å². The van der Waals surface area contributed by atoms with Gasteiger partial charge in [-0.05, 0) is 43.6 Å². The maximum atomic E-state index is 11.5. The monoisotopic (exact) mass is 236 g/mol. The topological polar surface area (TPSA) is 55.1 Å². The molecular formula is C13H20N2O2. The Bertz CT molecular complexity index is 413. The third-order valence-corrected chi connectivity index (χ3v) is 3.96. The van der Waals surface area contributed by atoms with Crippen molar-refractivity contribution in [1.82, 2.24) is 9.78 Å². The largest absolute Gasteiger partial charge is 0.481 e. The van der Waals surface area contributed by atoms with E-state index in [1.54, 1.807) is 4.68 Å².